The molecule has 0 aliphatic carbocycles. The molecule has 0 radical (unpaired) electrons. The molecule has 2 N–H and O–H groups in total. The van der Waals surface area contributed by atoms with E-state index in [1.807, 2.05) is 53.4 Å². The Hall–Kier alpha value is -1.56. The number of hydrogen-bond donors (Lipinski definition) is 1. The standard InChI is InChI=1S/C19H21BrN2O2.ClH/c20-18-7-2-1-4-16(18)13-24-17-6-3-5-15(10-17)19(23)22-9-8-14(11-21)12-22;/h1-7,10,14H,8-9,11-13,21H2;1H. The summed E-state index contributed by atoms with van der Waals surface area (Å²) in [6, 6.07) is 15.3. The smallest absolute Gasteiger partial charge is 0.253 e. The topological polar surface area (TPSA) is 55.6 Å². The number of benzene rings is 2. The maximum absolute atomic E-state index is 12.6. The van der Waals surface area contributed by atoms with Gasteiger partial charge >= 0.3 is 0 Å². The van der Waals surface area contributed by atoms with Crippen molar-refractivity contribution in [2.24, 2.45) is 11.7 Å². The van der Waals surface area contributed by atoms with Gasteiger partial charge in [-0.15, -0.1) is 12.4 Å². The first-order valence-electron chi connectivity index (χ1n) is 8.13. The third kappa shape index (κ3) is 4.97. The van der Waals surface area contributed by atoms with Crippen molar-refractivity contribution in [2.45, 2.75) is 13.0 Å². The van der Waals surface area contributed by atoms with Crippen LogP contribution in [0.25, 0.3) is 0 Å². The lowest BCUT2D eigenvalue weighted by Gasteiger charge is -2.17. The van der Waals surface area contributed by atoms with E-state index in [0.29, 0.717) is 30.4 Å². The third-order valence-corrected chi connectivity index (χ3v) is 5.11. The minimum atomic E-state index is 0. The lowest BCUT2D eigenvalue weighted by atomic mass is 10.1. The molecular formula is C19H22BrClN2O2. The lowest BCUT2D eigenvalue weighted by molar-refractivity contribution is 0.0787. The van der Waals surface area contributed by atoms with Crippen LogP contribution in [-0.4, -0.2) is 30.4 Å². The van der Waals surface area contributed by atoms with Crippen LogP contribution in [0.15, 0.2) is 53.0 Å². The number of nitrogens with zero attached hydrogens (tertiary/aromatic N) is 1. The Morgan fingerprint density at radius 1 is 1.24 bits per heavy atom. The van der Waals surface area contributed by atoms with Crippen molar-refractivity contribution in [3.8, 4) is 5.75 Å². The highest BCUT2D eigenvalue weighted by Crippen LogP contribution is 2.22. The highest BCUT2D eigenvalue weighted by atomic mass is 79.9. The summed E-state index contributed by atoms with van der Waals surface area (Å²) in [5.41, 5.74) is 7.44. The summed E-state index contributed by atoms with van der Waals surface area (Å²) < 4.78 is 6.86. The van der Waals surface area contributed by atoms with Gasteiger partial charge in [-0.05, 0) is 43.1 Å². The average Bonchev–Trinajstić information content (AvgIpc) is 3.10. The van der Waals surface area contributed by atoms with Gasteiger partial charge in [0.05, 0.1) is 0 Å². The Bertz CT molecular complexity index is 726. The molecule has 1 heterocycles. The third-order valence-electron chi connectivity index (χ3n) is 4.34. The number of likely N-dealkylation sites (tertiary alicyclic amines) is 1. The molecule has 6 heteroatoms. The summed E-state index contributed by atoms with van der Waals surface area (Å²) >= 11 is 3.51. The number of amides is 1. The Balaban J connectivity index is 0.00000225. The van der Waals surface area contributed by atoms with Gasteiger partial charge in [0.2, 0.25) is 0 Å². The van der Waals surface area contributed by atoms with Crippen molar-refractivity contribution >= 4 is 34.2 Å². The number of nitrogens with two attached hydrogens (primary N) is 1. The van der Waals surface area contributed by atoms with E-state index >= 15 is 0 Å². The summed E-state index contributed by atoms with van der Waals surface area (Å²) in [6.07, 6.45) is 0.987. The van der Waals surface area contributed by atoms with E-state index in [2.05, 4.69) is 15.9 Å². The quantitative estimate of drug-likeness (QED) is 0.791. The molecule has 0 bridgehead atoms. The zero-order valence-corrected chi connectivity index (χ0v) is 16.3. The van der Waals surface area contributed by atoms with Gasteiger partial charge in [0, 0.05) is 28.7 Å². The maximum Gasteiger partial charge on any atom is 0.253 e. The first kappa shape index (κ1) is 19.8. The molecule has 0 saturated carbocycles. The van der Waals surface area contributed by atoms with E-state index in [4.69, 9.17) is 10.5 Å². The summed E-state index contributed by atoms with van der Waals surface area (Å²) in [5, 5.41) is 0. The predicted molar refractivity (Wildman–Crippen MR) is 105 cm³/mol. The number of rotatable bonds is 5. The van der Waals surface area contributed by atoms with Gasteiger partial charge in [0.1, 0.15) is 12.4 Å². The van der Waals surface area contributed by atoms with Crippen LogP contribution in [0.3, 0.4) is 0 Å². The second kappa shape index (κ2) is 9.22. The molecule has 0 spiro atoms. The van der Waals surface area contributed by atoms with E-state index in [1.54, 1.807) is 0 Å². The van der Waals surface area contributed by atoms with Gasteiger partial charge < -0.3 is 15.4 Å². The SMILES string of the molecule is Cl.NCC1CCN(C(=O)c2cccc(OCc3ccccc3Br)c2)C1. The molecular weight excluding hydrogens is 404 g/mol. The highest BCUT2D eigenvalue weighted by Gasteiger charge is 2.26. The van der Waals surface area contributed by atoms with Gasteiger partial charge in [-0.3, -0.25) is 4.79 Å². The monoisotopic (exact) mass is 424 g/mol. The van der Waals surface area contributed by atoms with Crippen molar-refractivity contribution in [3.05, 3.63) is 64.1 Å². The zero-order chi connectivity index (χ0) is 16.9. The van der Waals surface area contributed by atoms with Crippen LogP contribution >= 0.6 is 28.3 Å². The largest absolute Gasteiger partial charge is 0.489 e. The van der Waals surface area contributed by atoms with Gasteiger partial charge in [-0.25, -0.2) is 0 Å². The Labute approximate surface area is 162 Å². The maximum atomic E-state index is 12.6. The molecule has 134 valence electrons. The lowest BCUT2D eigenvalue weighted by Crippen LogP contribution is -2.29. The van der Waals surface area contributed by atoms with E-state index in [-0.39, 0.29) is 18.3 Å². The molecule has 2 aromatic rings. The van der Waals surface area contributed by atoms with Crippen LogP contribution in [-0.2, 0) is 6.61 Å². The second-order valence-electron chi connectivity index (χ2n) is 6.05. The van der Waals surface area contributed by atoms with E-state index in [1.165, 1.54) is 0 Å². The molecule has 1 atom stereocenters. The van der Waals surface area contributed by atoms with E-state index in [0.717, 1.165) is 29.5 Å². The van der Waals surface area contributed by atoms with Crippen molar-refractivity contribution in [2.75, 3.05) is 19.6 Å². The zero-order valence-electron chi connectivity index (χ0n) is 13.9. The van der Waals surface area contributed by atoms with Crippen molar-refractivity contribution < 1.29 is 9.53 Å². The molecule has 1 aliphatic rings. The molecule has 0 aromatic heterocycles. The first-order valence-corrected chi connectivity index (χ1v) is 8.92. The fourth-order valence-electron chi connectivity index (χ4n) is 2.89. The van der Waals surface area contributed by atoms with Crippen LogP contribution in [0, 0.1) is 5.92 Å². The predicted octanol–water partition coefficient (Wildman–Crippen LogP) is 3.87. The fraction of sp³-hybridized carbons (Fsp3) is 0.316. The van der Waals surface area contributed by atoms with Gasteiger partial charge in [0.15, 0.2) is 0 Å². The van der Waals surface area contributed by atoms with Crippen LogP contribution in [0.5, 0.6) is 5.75 Å². The van der Waals surface area contributed by atoms with Gasteiger partial charge in [-0.1, -0.05) is 40.2 Å². The molecule has 1 unspecified atom stereocenters. The summed E-state index contributed by atoms with van der Waals surface area (Å²) in [7, 11) is 0. The molecule has 25 heavy (non-hydrogen) atoms. The van der Waals surface area contributed by atoms with Crippen LogP contribution < -0.4 is 10.5 Å². The minimum absolute atomic E-state index is 0. The van der Waals surface area contributed by atoms with Crippen LogP contribution in [0.1, 0.15) is 22.3 Å². The number of ether oxygens (including phenoxy) is 1. The minimum Gasteiger partial charge on any atom is -0.489 e. The Kier molecular flexibility index (Phi) is 7.29. The van der Waals surface area contributed by atoms with Gasteiger partial charge in [0.25, 0.3) is 5.91 Å². The van der Waals surface area contributed by atoms with Crippen LogP contribution in [0.2, 0.25) is 0 Å². The van der Waals surface area contributed by atoms with Crippen molar-refractivity contribution in [3.63, 3.8) is 0 Å². The number of carbonyl (C=O) groups excluding carboxylic acids is 1. The van der Waals surface area contributed by atoms with Crippen molar-refractivity contribution in [1.29, 1.82) is 0 Å². The normalized spacial score (nSPS) is 16.4. The van der Waals surface area contributed by atoms with E-state index < -0.39 is 0 Å². The molecule has 4 nitrogen and oxygen atoms in total. The number of carbonyl (C=O) groups is 1. The van der Waals surface area contributed by atoms with Gasteiger partial charge in [-0.2, -0.15) is 0 Å². The second-order valence-corrected chi connectivity index (χ2v) is 6.90. The molecule has 1 aliphatic heterocycles. The number of hydrogen-bond acceptors (Lipinski definition) is 3. The van der Waals surface area contributed by atoms with Crippen molar-refractivity contribution in [1.82, 2.24) is 4.90 Å². The highest BCUT2D eigenvalue weighted by molar-refractivity contribution is 9.10. The first-order chi connectivity index (χ1) is 11.7. The Morgan fingerprint density at radius 3 is 2.76 bits per heavy atom. The fourth-order valence-corrected chi connectivity index (χ4v) is 3.29. The number of halogens is 2. The summed E-state index contributed by atoms with van der Waals surface area (Å²) in [5.74, 6) is 1.17. The summed E-state index contributed by atoms with van der Waals surface area (Å²) in [4.78, 5) is 14.5. The van der Waals surface area contributed by atoms with E-state index in [9.17, 15) is 4.79 Å². The molecule has 3 rings (SSSR count). The molecule has 1 amide bonds. The average molecular weight is 426 g/mol. The molecule has 2 aromatic carbocycles. The molecule has 1 saturated heterocycles. The summed E-state index contributed by atoms with van der Waals surface area (Å²) in [6.45, 7) is 2.62. The Morgan fingerprint density at radius 2 is 2.04 bits per heavy atom. The molecule has 1 fully saturated rings. The van der Waals surface area contributed by atoms with Crippen LogP contribution in [0.4, 0.5) is 0 Å².